The Morgan fingerprint density at radius 1 is 0.840 bits per heavy atom. The van der Waals surface area contributed by atoms with Gasteiger partial charge in [0.15, 0.2) is 5.78 Å². The maximum absolute atomic E-state index is 11.2. The Morgan fingerprint density at radius 3 is 1.96 bits per heavy atom. The molecule has 0 aliphatic rings. The highest BCUT2D eigenvalue weighted by Gasteiger charge is 2.07. The molecule has 0 aromatic heterocycles. The van der Waals surface area contributed by atoms with Crippen molar-refractivity contribution in [3.63, 3.8) is 0 Å². The highest BCUT2D eigenvalue weighted by Crippen LogP contribution is 2.08. The van der Waals surface area contributed by atoms with E-state index in [0.29, 0.717) is 0 Å². The first kappa shape index (κ1) is 23.3. The van der Waals surface area contributed by atoms with E-state index in [-0.39, 0.29) is 12.3 Å². The van der Waals surface area contributed by atoms with Crippen molar-refractivity contribution in [2.75, 3.05) is 6.54 Å². The van der Waals surface area contributed by atoms with Gasteiger partial charge in [-0.3, -0.25) is 4.79 Å². The molecule has 0 aliphatic carbocycles. The van der Waals surface area contributed by atoms with Crippen LogP contribution in [0.25, 0.3) is 0 Å². The fourth-order valence-electron chi connectivity index (χ4n) is 2.16. The van der Waals surface area contributed by atoms with Gasteiger partial charge in [-0.1, -0.05) is 100 Å². The molecule has 0 heterocycles. The quantitative estimate of drug-likeness (QED) is 0.255. The molecule has 25 heavy (non-hydrogen) atoms. The minimum absolute atomic E-state index is 0.0515. The van der Waals surface area contributed by atoms with Crippen molar-refractivity contribution in [3.8, 4) is 0 Å². The van der Waals surface area contributed by atoms with Gasteiger partial charge < -0.3 is 10.8 Å². The van der Waals surface area contributed by atoms with Crippen LogP contribution in [0.15, 0.2) is 60.8 Å². The minimum Gasteiger partial charge on any atom is -0.384 e. The Labute approximate surface area is 153 Å². The number of unbranched alkanes of at least 4 members (excludes halogenated alkanes) is 7. The topological polar surface area (TPSA) is 63.3 Å². The molecule has 0 rings (SSSR count). The van der Waals surface area contributed by atoms with Gasteiger partial charge in [0, 0.05) is 6.54 Å². The molecule has 0 spiro atoms. The zero-order chi connectivity index (χ0) is 18.6. The van der Waals surface area contributed by atoms with Crippen LogP contribution in [0, 0.1) is 0 Å². The van der Waals surface area contributed by atoms with Gasteiger partial charge in [0.25, 0.3) is 0 Å². The Balaban J connectivity index is 3.66. The van der Waals surface area contributed by atoms with Crippen LogP contribution < -0.4 is 5.73 Å². The lowest BCUT2D eigenvalue weighted by Crippen LogP contribution is -2.27. The van der Waals surface area contributed by atoms with Crippen molar-refractivity contribution in [2.24, 2.45) is 5.73 Å². The third-order valence-electron chi connectivity index (χ3n) is 3.70. The molecule has 3 heteroatoms. The molecular formula is C22H35NO2. The molecular weight excluding hydrogens is 310 g/mol. The first-order valence-corrected chi connectivity index (χ1v) is 9.47. The molecule has 0 amide bonds. The van der Waals surface area contributed by atoms with Gasteiger partial charge in [-0.15, -0.1) is 0 Å². The van der Waals surface area contributed by atoms with Gasteiger partial charge in [-0.25, -0.2) is 0 Å². The van der Waals surface area contributed by atoms with Crippen molar-refractivity contribution < 1.29 is 9.90 Å². The van der Waals surface area contributed by atoms with E-state index in [4.69, 9.17) is 5.73 Å². The van der Waals surface area contributed by atoms with E-state index in [1.807, 2.05) is 30.4 Å². The Morgan fingerprint density at radius 2 is 1.36 bits per heavy atom. The predicted molar refractivity (Wildman–Crippen MR) is 108 cm³/mol. The molecule has 140 valence electrons. The van der Waals surface area contributed by atoms with Gasteiger partial charge in [-0.2, -0.15) is 0 Å². The lowest BCUT2D eigenvalue weighted by atomic mass is 10.1. The van der Waals surface area contributed by atoms with E-state index in [2.05, 4.69) is 19.1 Å². The molecule has 1 atom stereocenters. The highest BCUT2D eigenvalue weighted by molar-refractivity contribution is 5.93. The summed E-state index contributed by atoms with van der Waals surface area (Å²) in [6.07, 6.45) is 28.1. The number of aliphatic hydroxyl groups excluding tert-OH is 1. The second-order valence-corrected chi connectivity index (χ2v) is 6.01. The third-order valence-corrected chi connectivity index (χ3v) is 3.70. The normalized spacial score (nSPS) is 14.0. The van der Waals surface area contributed by atoms with Crippen LogP contribution in [0.4, 0.5) is 0 Å². The molecule has 0 fully saturated rings. The SMILES string of the molecule is CCCCCCCCCC=CC=CC=CC=CC=CC(=O)C(O)CN. The zero-order valence-electron chi connectivity index (χ0n) is 15.6. The summed E-state index contributed by atoms with van der Waals surface area (Å²) in [6.45, 7) is 2.20. The summed E-state index contributed by atoms with van der Waals surface area (Å²) >= 11 is 0. The number of ketones is 1. The standard InChI is InChI=1S/C22H35NO2/c1-2-3-4-5-6-7-8-9-10-11-12-13-14-15-16-17-18-19-21(24)22(25)20-23/h10-19,22,25H,2-9,20,23H2,1H3. The van der Waals surface area contributed by atoms with Crippen molar-refractivity contribution in [1.29, 1.82) is 0 Å². The Bertz CT molecular complexity index is 459. The first-order valence-electron chi connectivity index (χ1n) is 9.47. The van der Waals surface area contributed by atoms with Crippen LogP contribution in [0.2, 0.25) is 0 Å². The van der Waals surface area contributed by atoms with Crippen molar-refractivity contribution in [1.82, 2.24) is 0 Å². The highest BCUT2D eigenvalue weighted by atomic mass is 16.3. The second-order valence-electron chi connectivity index (χ2n) is 6.01. The molecule has 0 aliphatic heterocycles. The minimum atomic E-state index is -1.10. The van der Waals surface area contributed by atoms with Crippen LogP contribution in [0.3, 0.4) is 0 Å². The predicted octanol–water partition coefficient (Wildman–Crippen LogP) is 4.80. The average molecular weight is 346 g/mol. The van der Waals surface area contributed by atoms with Crippen LogP contribution >= 0.6 is 0 Å². The molecule has 0 saturated carbocycles. The van der Waals surface area contributed by atoms with E-state index in [0.717, 1.165) is 6.42 Å². The van der Waals surface area contributed by atoms with E-state index in [9.17, 15) is 9.90 Å². The van der Waals surface area contributed by atoms with Gasteiger partial charge in [-0.05, 0) is 18.9 Å². The van der Waals surface area contributed by atoms with Crippen LogP contribution in [0.5, 0.6) is 0 Å². The largest absolute Gasteiger partial charge is 0.384 e. The molecule has 0 radical (unpaired) electrons. The maximum atomic E-state index is 11.2. The molecule has 3 nitrogen and oxygen atoms in total. The lowest BCUT2D eigenvalue weighted by molar-refractivity contribution is -0.121. The molecule has 3 N–H and O–H groups in total. The summed E-state index contributed by atoms with van der Waals surface area (Å²) in [6, 6.07) is 0. The van der Waals surface area contributed by atoms with E-state index in [1.165, 1.54) is 51.0 Å². The number of aliphatic hydroxyl groups is 1. The number of carbonyl (C=O) groups excluding carboxylic acids is 1. The first-order chi connectivity index (χ1) is 12.2. The smallest absolute Gasteiger partial charge is 0.185 e. The molecule has 0 aromatic carbocycles. The Hall–Kier alpha value is -1.71. The monoisotopic (exact) mass is 345 g/mol. The number of hydrogen-bond acceptors (Lipinski definition) is 3. The number of nitrogens with two attached hydrogens (primary N) is 1. The summed E-state index contributed by atoms with van der Waals surface area (Å²) < 4.78 is 0. The fraction of sp³-hybridized carbons (Fsp3) is 0.500. The zero-order valence-corrected chi connectivity index (χ0v) is 15.6. The average Bonchev–Trinajstić information content (AvgIpc) is 2.63. The molecule has 0 saturated heterocycles. The van der Waals surface area contributed by atoms with Crippen molar-refractivity contribution >= 4 is 5.78 Å². The maximum Gasteiger partial charge on any atom is 0.185 e. The van der Waals surface area contributed by atoms with Crippen LogP contribution in [0.1, 0.15) is 58.3 Å². The lowest BCUT2D eigenvalue weighted by Gasteiger charge is -1.99. The van der Waals surface area contributed by atoms with Gasteiger partial charge in [0.2, 0.25) is 0 Å². The van der Waals surface area contributed by atoms with Crippen LogP contribution in [-0.4, -0.2) is 23.5 Å². The summed E-state index contributed by atoms with van der Waals surface area (Å²) in [5.74, 6) is -0.373. The summed E-state index contributed by atoms with van der Waals surface area (Å²) in [4.78, 5) is 11.2. The fourth-order valence-corrected chi connectivity index (χ4v) is 2.16. The third kappa shape index (κ3) is 16.9. The van der Waals surface area contributed by atoms with Crippen molar-refractivity contribution in [3.05, 3.63) is 60.8 Å². The number of hydrogen-bond donors (Lipinski definition) is 2. The second kappa shape index (κ2) is 18.6. The number of allylic oxidation sites excluding steroid dienone is 9. The summed E-state index contributed by atoms with van der Waals surface area (Å²) in [5.41, 5.74) is 5.19. The molecule has 1 unspecified atom stereocenters. The summed E-state index contributed by atoms with van der Waals surface area (Å²) in [7, 11) is 0. The van der Waals surface area contributed by atoms with Gasteiger partial charge in [0.05, 0.1) is 0 Å². The number of rotatable bonds is 15. The molecule has 0 bridgehead atoms. The molecule has 0 aromatic rings. The van der Waals surface area contributed by atoms with E-state index < -0.39 is 6.10 Å². The van der Waals surface area contributed by atoms with Crippen molar-refractivity contribution in [2.45, 2.75) is 64.4 Å². The van der Waals surface area contributed by atoms with Gasteiger partial charge >= 0.3 is 0 Å². The van der Waals surface area contributed by atoms with Gasteiger partial charge in [0.1, 0.15) is 6.10 Å². The van der Waals surface area contributed by atoms with E-state index in [1.54, 1.807) is 12.2 Å². The Kier molecular flexibility index (Phi) is 17.4. The summed E-state index contributed by atoms with van der Waals surface area (Å²) in [5, 5.41) is 9.18. The van der Waals surface area contributed by atoms with E-state index >= 15 is 0 Å². The van der Waals surface area contributed by atoms with Crippen LogP contribution in [-0.2, 0) is 4.79 Å². The number of carbonyl (C=O) groups is 1.